The van der Waals surface area contributed by atoms with Gasteiger partial charge >= 0.3 is 0 Å². The van der Waals surface area contributed by atoms with E-state index in [0.29, 0.717) is 18.3 Å². The first-order chi connectivity index (χ1) is 8.41. The van der Waals surface area contributed by atoms with Gasteiger partial charge in [0.25, 0.3) is 0 Å². The molecule has 1 aromatic rings. The zero-order valence-corrected chi connectivity index (χ0v) is 12.1. The summed E-state index contributed by atoms with van der Waals surface area (Å²) in [6.45, 7) is 8.87. The maximum absolute atomic E-state index is 11.8. The summed E-state index contributed by atoms with van der Waals surface area (Å²) in [4.78, 5) is 13.7. The molecule has 0 N–H and O–H groups in total. The Morgan fingerprint density at radius 2 is 1.72 bits per heavy atom. The Morgan fingerprint density at radius 3 is 2.28 bits per heavy atom. The van der Waals surface area contributed by atoms with E-state index >= 15 is 0 Å². The number of carbonyl (C=O) groups excluding carboxylic acids is 1. The largest absolute Gasteiger partial charge is 0.315 e. The number of nitrogens with zero attached hydrogens (tertiary/aromatic N) is 1. The van der Waals surface area contributed by atoms with Crippen molar-refractivity contribution in [1.82, 2.24) is 0 Å². The summed E-state index contributed by atoms with van der Waals surface area (Å²) in [6.07, 6.45) is 1.54. The van der Waals surface area contributed by atoms with Crippen molar-refractivity contribution < 1.29 is 4.79 Å². The van der Waals surface area contributed by atoms with Crippen molar-refractivity contribution in [2.45, 2.75) is 52.4 Å². The van der Waals surface area contributed by atoms with E-state index in [1.54, 1.807) is 0 Å². The number of anilines is 1. The average Bonchev–Trinajstić information content (AvgIpc) is 2.32. The van der Waals surface area contributed by atoms with Crippen molar-refractivity contribution in [3.63, 3.8) is 0 Å². The lowest BCUT2D eigenvalue weighted by atomic mass is 9.86. The van der Waals surface area contributed by atoms with Crippen LogP contribution in [-0.4, -0.2) is 13.0 Å². The van der Waals surface area contributed by atoms with Crippen LogP contribution in [0.25, 0.3) is 0 Å². The van der Waals surface area contributed by atoms with E-state index in [2.05, 4.69) is 39.8 Å². The van der Waals surface area contributed by atoms with Gasteiger partial charge < -0.3 is 4.90 Å². The van der Waals surface area contributed by atoms with Crippen LogP contribution in [0.5, 0.6) is 0 Å². The SMILES string of the molecule is CC(C)c1cc(C(C)C)c2c(c1)N(C)C(=O)CC2. The molecule has 1 amide bonds. The van der Waals surface area contributed by atoms with Crippen LogP contribution >= 0.6 is 0 Å². The molecule has 0 saturated carbocycles. The van der Waals surface area contributed by atoms with Crippen molar-refractivity contribution >= 4 is 11.6 Å². The van der Waals surface area contributed by atoms with Gasteiger partial charge in [0.2, 0.25) is 5.91 Å². The molecule has 0 aliphatic carbocycles. The molecule has 0 bridgehead atoms. The van der Waals surface area contributed by atoms with Crippen LogP contribution in [0.2, 0.25) is 0 Å². The highest BCUT2D eigenvalue weighted by atomic mass is 16.2. The Morgan fingerprint density at radius 1 is 1.06 bits per heavy atom. The summed E-state index contributed by atoms with van der Waals surface area (Å²) in [5.41, 5.74) is 5.24. The van der Waals surface area contributed by atoms with Crippen LogP contribution in [0.3, 0.4) is 0 Å². The van der Waals surface area contributed by atoms with Crippen LogP contribution in [0.15, 0.2) is 12.1 Å². The molecule has 0 atom stereocenters. The van der Waals surface area contributed by atoms with Gasteiger partial charge in [0.1, 0.15) is 0 Å². The van der Waals surface area contributed by atoms with Gasteiger partial charge in [-0.3, -0.25) is 4.79 Å². The van der Waals surface area contributed by atoms with Gasteiger partial charge in [-0.25, -0.2) is 0 Å². The van der Waals surface area contributed by atoms with Gasteiger partial charge in [-0.1, -0.05) is 33.8 Å². The molecule has 1 aliphatic rings. The molecular formula is C16H23NO. The summed E-state index contributed by atoms with van der Waals surface area (Å²) in [7, 11) is 1.90. The van der Waals surface area contributed by atoms with Crippen LogP contribution in [-0.2, 0) is 11.2 Å². The van der Waals surface area contributed by atoms with Gasteiger partial charge in [-0.15, -0.1) is 0 Å². The average molecular weight is 245 g/mol. The minimum Gasteiger partial charge on any atom is -0.315 e. The van der Waals surface area contributed by atoms with Crippen LogP contribution in [0.1, 0.15) is 62.6 Å². The Kier molecular flexibility index (Phi) is 3.47. The summed E-state index contributed by atoms with van der Waals surface area (Å²) in [5, 5.41) is 0. The van der Waals surface area contributed by atoms with E-state index in [1.807, 2.05) is 11.9 Å². The number of carbonyl (C=O) groups is 1. The highest BCUT2D eigenvalue weighted by molar-refractivity contribution is 5.96. The molecule has 1 heterocycles. The molecule has 98 valence electrons. The van der Waals surface area contributed by atoms with E-state index in [0.717, 1.165) is 12.1 Å². The fraction of sp³-hybridized carbons (Fsp3) is 0.562. The van der Waals surface area contributed by atoms with Crippen molar-refractivity contribution in [2.75, 3.05) is 11.9 Å². The van der Waals surface area contributed by atoms with Crippen molar-refractivity contribution in [3.05, 3.63) is 28.8 Å². The predicted molar refractivity (Wildman–Crippen MR) is 76.4 cm³/mol. The summed E-state index contributed by atoms with van der Waals surface area (Å²) in [6, 6.07) is 4.53. The van der Waals surface area contributed by atoms with Crippen molar-refractivity contribution in [1.29, 1.82) is 0 Å². The summed E-state index contributed by atoms with van der Waals surface area (Å²) >= 11 is 0. The van der Waals surface area contributed by atoms with Gasteiger partial charge in [-0.05, 0) is 41.0 Å². The maximum atomic E-state index is 11.8. The number of hydrogen-bond donors (Lipinski definition) is 0. The molecule has 0 spiro atoms. The Hall–Kier alpha value is -1.31. The molecule has 1 aromatic carbocycles. The topological polar surface area (TPSA) is 20.3 Å². The van der Waals surface area contributed by atoms with E-state index in [-0.39, 0.29) is 5.91 Å². The lowest BCUT2D eigenvalue weighted by molar-refractivity contribution is -0.118. The predicted octanol–water partition coefficient (Wildman–Crippen LogP) is 3.84. The highest BCUT2D eigenvalue weighted by Crippen LogP contribution is 2.36. The molecule has 0 aromatic heterocycles. The third kappa shape index (κ3) is 2.16. The van der Waals surface area contributed by atoms with Crippen LogP contribution in [0, 0.1) is 0 Å². The van der Waals surface area contributed by atoms with Crippen LogP contribution < -0.4 is 4.90 Å². The molecule has 0 radical (unpaired) electrons. The zero-order valence-electron chi connectivity index (χ0n) is 12.1. The van der Waals surface area contributed by atoms with E-state index < -0.39 is 0 Å². The Labute approximate surface area is 110 Å². The minimum absolute atomic E-state index is 0.234. The van der Waals surface area contributed by atoms with Gasteiger partial charge in [0.15, 0.2) is 0 Å². The van der Waals surface area contributed by atoms with Gasteiger partial charge in [0, 0.05) is 19.2 Å². The van der Waals surface area contributed by atoms with E-state index in [9.17, 15) is 4.79 Å². The number of fused-ring (bicyclic) bond motifs is 1. The monoisotopic (exact) mass is 245 g/mol. The highest BCUT2D eigenvalue weighted by Gasteiger charge is 2.25. The molecule has 2 rings (SSSR count). The Balaban J connectivity index is 2.62. The molecule has 1 aliphatic heterocycles. The zero-order chi connectivity index (χ0) is 13.4. The molecular weight excluding hydrogens is 222 g/mol. The number of benzene rings is 1. The summed E-state index contributed by atoms with van der Waals surface area (Å²) in [5.74, 6) is 1.25. The molecule has 0 saturated heterocycles. The molecule has 0 fully saturated rings. The first kappa shape index (κ1) is 13.1. The van der Waals surface area contributed by atoms with Crippen molar-refractivity contribution in [2.24, 2.45) is 0 Å². The Bertz CT molecular complexity index is 474. The quantitative estimate of drug-likeness (QED) is 0.775. The minimum atomic E-state index is 0.234. The standard InChI is InChI=1S/C16H23NO/c1-10(2)12-8-14(11(3)4)13-6-7-16(18)17(5)15(13)9-12/h8-11H,6-7H2,1-5H3. The number of amides is 1. The second-order valence-corrected chi connectivity index (χ2v) is 5.87. The summed E-state index contributed by atoms with van der Waals surface area (Å²) < 4.78 is 0. The lowest BCUT2D eigenvalue weighted by Crippen LogP contribution is -2.32. The van der Waals surface area contributed by atoms with Gasteiger partial charge in [-0.2, -0.15) is 0 Å². The molecule has 2 nitrogen and oxygen atoms in total. The molecule has 0 unspecified atom stereocenters. The lowest BCUT2D eigenvalue weighted by Gasteiger charge is -2.30. The fourth-order valence-corrected chi connectivity index (χ4v) is 2.66. The third-order valence-corrected chi connectivity index (χ3v) is 3.90. The molecule has 2 heteroatoms. The number of rotatable bonds is 2. The van der Waals surface area contributed by atoms with Gasteiger partial charge in [0.05, 0.1) is 0 Å². The third-order valence-electron chi connectivity index (χ3n) is 3.90. The second-order valence-electron chi connectivity index (χ2n) is 5.87. The first-order valence-corrected chi connectivity index (χ1v) is 6.85. The van der Waals surface area contributed by atoms with E-state index in [1.165, 1.54) is 16.7 Å². The van der Waals surface area contributed by atoms with E-state index in [4.69, 9.17) is 0 Å². The number of hydrogen-bond acceptors (Lipinski definition) is 1. The van der Waals surface area contributed by atoms with Crippen molar-refractivity contribution in [3.8, 4) is 0 Å². The maximum Gasteiger partial charge on any atom is 0.227 e. The smallest absolute Gasteiger partial charge is 0.227 e. The normalized spacial score (nSPS) is 15.5. The van der Waals surface area contributed by atoms with Crippen LogP contribution in [0.4, 0.5) is 5.69 Å². The molecule has 18 heavy (non-hydrogen) atoms. The first-order valence-electron chi connectivity index (χ1n) is 6.85. The second kappa shape index (κ2) is 4.75. The fourth-order valence-electron chi connectivity index (χ4n) is 2.66.